The van der Waals surface area contributed by atoms with Crippen molar-refractivity contribution in [2.24, 2.45) is 5.10 Å². The molecule has 3 aromatic carbocycles. The molecule has 2 atom stereocenters. The van der Waals surface area contributed by atoms with Gasteiger partial charge in [0.1, 0.15) is 29.2 Å². The van der Waals surface area contributed by atoms with Crippen molar-refractivity contribution in [3.8, 4) is 17.2 Å². The van der Waals surface area contributed by atoms with Gasteiger partial charge < -0.3 is 33.5 Å². The summed E-state index contributed by atoms with van der Waals surface area (Å²) in [5.74, 6) is -2.20. The zero-order valence-corrected chi connectivity index (χ0v) is 26.0. The summed E-state index contributed by atoms with van der Waals surface area (Å²) in [7, 11) is 0. The lowest BCUT2D eigenvalue weighted by Gasteiger charge is -2.31. The maximum atomic E-state index is 14.9. The van der Waals surface area contributed by atoms with Crippen molar-refractivity contribution in [2.45, 2.75) is 51.4 Å². The van der Waals surface area contributed by atoms with Crippen LogP contribution in [0.15, 0.2) is 53.6 Å². The van der Waals surface area contributed by atoms with Crippen LogP contribution in [0, 0.1) is 5.82 Å². The highest BCUT2D eigenvalue weighted by Crippen LogP contribution is 2.50. The molecule has 7 rings (SSSR count). The molecule has 252 valence electrons. The van der Waals surface area contributed by atoms with Gasteiger partial charge in [0.15, 0.2) is 11.5 Å². The lowest BCUT2D eigenvalue weighted by atomic mass is 10.0. The normalized spacial score (nSPS) is 20.3. The van der Waals surface area contributed by atoms with Crippen molar-refractivity contribution in [1.82, 2.24) is 14.6 Å². The minimum Gasteiger partial charge on any atom is -0.492 e. The Hall–Kier alpha value is -5.05. The molecule has 0 saturated carbocycles. The molecule has 3 aliphatic heterocycles. The van der Waals surface area contributed by atoms with Gasteiger partial charge in [-0.1, -0.05) is 6.07 Å². The molecule has 1 aromatic heterocycles. The summed E-state index contributed by atoms with van der Waals surface area (Å²) in [4.78, 5) is 18.6. The zero-order chi connectivity index (χ0) is 33.8. The maximum absolute atomic E-state index is 14.9. The Morgan fingerprint density at radius 2 is 1.96 bits per heavy atom. The monoisotopic (exact) mass is 669 g/mol. The van der Waals surface area contributed by atoms with Crippen LogP contribution >= 0.6 is 0 Å². The van der Waals surface area contributed by atoms with Gasteiger partial charge in [-0.05, 0) is 55.8 Å². The van der Waals surface area contributed by atoms with Crippen molar-refractivity contribution >= 4 is 29.0 Å². The summed E-state index contributed by atoms with van der Waals surface area (Å²) >= 11 is 0. The van der Waals surface area contributed by atoms with Gasteiger partial charge in [0.05, 0.1) is 60.2 Å². The number of carbonyl (C=O) groups is 1. The number of halogens is 4. The number of carboxylic acid groups (broad SMARTS) is 1. The number of nitrogens with zero attached hydrogens (tertiary/aromatic N) is 5. The second-order valence-corrected chi connectivity index (χ2v) is 11.8. The number of hydrazone groups is 1. The number of alkyl halides is 3. The number of ether oxygens (including phenoxy) is 4. The van der Waals surface area contributed by atoms with Gasteiger partial charge in [0, 0.05) is 20.1 Å². The molecule has 0 spiro atoms. The van der Waals surface area contributed by atoms with Crippen molar-refractivity contribution in [3.05, 3.63) is 76.9 Å². The first kappa shape index (κ1) is 31.5. The van der Waals surface area contributed by atoms with Gasteiger partial charge in [0.25, 0.3) is 5.79 Å². The molecule has 0 radical (unpaired) electrons. The minimum absolute atomic E-state index is 0.0188. The molecule has 1 N–H and O–H groups in total. The average Bonchev–Trinajstić information content (AvgIpc) is 3.55. The van der Waals surface area contributed by atoms with Gasteiger partial charge in [-0.3, -0.25) is 5.01 Å². The van der Waals surface area contributed by atoms with Gasteiger partial charge in [-0.25, -0.2) is 14.2 Å². The average molecular weight is 670 g/mol. The number of benzene rings is 3. The molecule has 0 amide bonds. The maximum Gasteiger partial charge on any atom is 0.416 e. The number of para-hydroxylation sites is 1. The van der Waals surface area contributed by atoms with Crippen LogP contribution in [-0.4, -0.2) is 64.4 Å². The number of imidazole rings is 1. The van der Waals surface area contributed by atoms with Gasteiger partial charge in [0.2, 0.25) is 0 Å². The Bertz CT molecular complexity index is 1930. The number of hydrogen-bond acceptors (Lipinski definition) is 9. The quantitative estimate of drug-likeness (QED) is 0.215. The highest BCUT2D eigenvalue weighted by Gasteiger charge is 2.44. The van der Waals surface area contributed by atoms with Crippen LogP contribution in [0.3, 0.4) is 0 Å². The SMILES string of the molecule is CCOc1cc(C(=O)O)cc2c1nc(CN1CCN(c3cccc4c3O[C@@](C)(c3ccc(C(F)(F)F)cc3F)O4)C=N1)n2C[C@@H]1CCO1. The van der Waals surface area contributed by atoms with E-state index in [9.17, 15) is 27.5 Å². The van der Waals surface area contributed by atoms with E-state index in [0.29, 0.717) is 85.3 Å². The molecular formula is C33H31F4N5O6. The summed E-state index contributed by atoms with van der Waals surface area (Å²) in [6.45, 7) is 6.02. The smallest absolute Gasteiger partial charge is 0.416 e. The van der Waals surface area contributed by atoms with Crippen molar-refractivity contribution in [1.29, 1.82) is 0 Å². The third-order valence-corrected chi connectivity index (χ3v) is 8.56. The van der Waals surface area contributed by atoms with Crippen LogP contribution < -0.4 is 19.1 Å². The molecule has 11 nitrogen and oxygen atoms in total. The second-order valence-electron chi connectivity index (χ2n) is 11.8. The molecule has 15 heteroatoms. The molecule has 0 bridgehead atoms. The Balaban J connectivity index is 1.13. The van der Waals surface area contributed by atoms with E-state index in [2.05, 4.69) is 5.10 Å². The van der Waals surface area contributed by atoms with Crippen LogP contribution in [0.5, 0.6) is 17.2 Å². The number of aromatic nitrogens is 2. The topological polar surface area (TPSA) is 111 Å². The molecule has 4 aromatic rings. The Morgan fingerprint density at radius 3 is 2.60 bits per heavy atom. The van der Waals surface area contributed by atoms with Crippen LogP contribution in [0.25, 0.3) is 11.0 Å². The summed E-state index contributed by atoms with van der Waals surface area (Å²) in [6, 6.07) is 10.5. The fourth-order valence-electron chi connectivity index (χ4n) is 6.03. The zero-order valence-electron chi connectivity index (χ0n) is 26.0. The summed E-state index contributed by atoms with van der Waals surface area (Å²) in [6.07, 6.45) is -2.21. The summed E-state index contributed by atoms with van der Waals surface area (Å²) in [5, 5.41) is 16.2. The fraction of sp³-hybridized carbons (Fsp3) is 0.364. The van der Waals surface area contributed by atoms with E-state index in [0.717, 1.165) is 18.6 Å². The van der Waals surface area contributed by atoms with E-state index in [1.54, 1.807) is 30.6 Å². The molecule has 1 fully saturated rings. The van der Waals surface area contributed by atoms with Gasteiger partial charge in [-0.15, -0.1) is 0 Å². The number of aromatic carboxylic acids is 1. The molecule has 0 aliphatic carbocycles. The largest absolute Gasteiger partial charge is 0.492 e. The Kier molecular flexibility index (Phi) is 7.81. The summed E-state index contributed by atoms with van der Waals surface area (Å²) < 4.78 is 79.8. The van der Waals surface area contributed by atoms with E-state index < -0.39 is 29.3 Å². The van der Waals surface area contributed by atoms with E-state index in [1.165, 1.54) is 13.0 Å². The van der Waals surface area contributed by atoms with Gasteiger partial charge in [-0.2, -0.15) is 18.3 Å². The highest BCUT2D eigenvalue weighted by molar-refractivity contribution is 5.95. The van der Waals surface area contributed by atoms with Crippen LogP contribution in [0.2, 0.25) is 0 Å². The molecule has 3 aliphatic rings. The van der Waals surface area contributed by atoms with Crippen molar-refractivity contribution in [2.75, 3.05) is 31.2 Å². The minimum atomic E-state index is -4.69. The number of hydrogen-bond donors (Lipinski definition) is 1. The van der Waals surface area contributed by atoms with E-state index in [4.69, 9.17) is 23.9 Å². The number of anilines is 1. The standard InChI is InChI=1S/C33H31F4N5O6/c1-3-45-27-14-19(31(43)44)13-25-29(27)39-28(42(25)16-21-9-12-46-21)17-41-11-10-40(18-38-41)24-5-4-6-26-30(24)48-32(2,47-26)22-8-7-20(15-23(22)34)33(35,36)37/h4-8,13-15,18,21H,3,9-12,16-17H2,1-2H3,(H,43,44)/t21-,32-/m0/s1. The van der Waals surface area contributed by atoms with Crippen molar-refractivity contribution in [3.63, 3.8) is 0 Å². The van der Waals surface area contributed by atoms with Crippen molar-refractivity contribution < 1.29 is 46.4 Å². The Labute approximate surface area is 271 Å². The van der Waals surface area contributed by atoms with E-state index in [1.807, 2.05) is 21.4 Å². The predicted octanol–water partition coefficient (Wildman–Crippen LogP) is 5.99. The fourth-order valence-corrected chi connectivity index (χ4v) is 6.03. The lowest BCUT2D eigenvalue weighted by molar-refractivity contribution is -0.138. The van der Waals surface area contributed by atoms with Crippen LogP contribution in [-0.2, 0) is 29.8 Å². The van der Waals surface area contributed by atoms with E-state index >= 15 is 0 Å². The number of fused-ring (bicyclic) bond motifs is 2. The van der Waals surface area contributed by atoms with Crippen LogP contribution in [0.1, 0.15) is 47.6 Å². The molecule has 4 heterocycles. The number of carboxylic acids is 1. The predicted molar refractivity (Wildman–Crippen MR) is 165 cm³/mol. The highest BCUT2D eigenvalue weighted by atomic mass is 19.4. The first-order valence-electron chi connectivity index (χ1n) is 15.4. The van der Waals surface area contributed by atoms with E-state index in [-0.39, 0.29) is 17.2 Å². The second kappa shape index (κ2) is 11.9. The molecular weight excluding hydrogens is 638 g/mol. The van der Waals surface area contributed by atoms with Crippen LogP contribution in [0.4, 0.5) is 23.2 Å². The third kappa shape index (κ3) is 5.71. The molecule has 0 unspecified atom stereocenters. The Morgan fingerprint density at radius 1 is 1.15 bits per heavy atom. The first-order chi connectivity index (χ1) is 22.9. The van der Waals surface area contributed by atoms with Gasteiger partial charge >= 0.3 is 12.1 Å². The summed E-state index contributed by atoms with van der Waals surface area (Å²) in [5.41, 5.74) is 0.598. The third-order valence-electron chi connectivity index (χ3n) is 8.56. The molecule has 48 heavy (non-hydrogen) atoms. The molecule has 1 saturated heterocycles. The lowest BCUT2D eigenvalue weighted by Crippen LogP contribution is -2.38. The first-order valence-corrected chi connectivity index (χ1v) is 15.4. The number of rotatable bonds is 9.